The van der Waals surface area contributed by atoms with E-state index in [9.17, 15) is 4.79 Å². The van der Waals surface area contributed by atoms with Crippen molar-refractivity contribution in [1.29, 1.82) is 0 Å². The minimum atomic E-state index is -0.0190. The Kier molecular flexibility index (Phi) is 5.03. The van der Waals surface area contributed by atoms with Gasteiger partial charge in [-0.15, -0.1) is 0 Å². The fourth-order valence-electron chi connectivity index (χ4n) is 2.75. The summed E-state index contributed by atoms with van der Waals surface area (Å²) in [7, 11) is 1.64. The highest BCUT2D eigenvalue weighted by Crippen LogP contribution is 2.21. The molecule has 0 spiro atoms. The normalized spacial score (nSPS) is 11.0. The number of nitrogens with one attached hydrogen (secondary N) is 1. The number of ether oxygens (including phenoxy) is 1. The summed E-state index contributed by atoms with van der Waals surface area (Å²) in [6.07, 6.45) is 2.16. The fourth-order valence-corrected chi connectivity index (χ4v) is 2.75. The standard InChI is InChI=1S/C20H23N3O2/c1-14(2)15-4-6-17(7-5-15)22-20(24)10-11-23-19-9-8-18(25-3)12-16(19)13-21-23/h4-9,12-14H,10-11H2,1-3H3,(H,22,24). The molecular weight excluding hydrogens is 314 g/mol. The van der Waals surface area contributed by atoms with E-state index >= 15 is 0 Å². The molecule has 2 aromatic carbocycles. The lowest BCUT2D eigenvalue weighted by atomic mass is 10.0. The van der Waals surface area contributed by atoms with Crippen molar-refractivity contribution in [2.45, 2.75) is 32.7 Å². The second kappa shape index (κ2) is 7.38. The number of benzene rings is 2. The Morgan fingerprint density at radius 2 is 1.96 bits per heavy atom. The Balaban J connectivity index is 1.60. The van der Waals surface area contributed by atoms with E-state index in [1.807, 2.05) is 35.0 Å². The molecule has 1 amide bonds. The maximum absolute atomic E-state index is 12.2. The zero-order valence-electron chi connectivity index (χ0n) is 14.8. The molecule has 0 aliphatic rings. The number of aryl methyl sites for hydroxylation is 1. The first-order valence-electron chi connectivity index (χ1n) is 8.46. The number of rotatable bonds is 6. The number of fused-ring (bicyclic) bond motifs is 1. The number of nitrogens with zero attached hydrogens (tertiary/aromatic N) is 2. The minimum Gasteiger partial charge on any atom is -0.497 e. The number of hydrogen-bond donors (Lipinski definition) is 1. The van der Waals surface area contributed by atoms with Crippen LogP contribution < -0.4 is 10.1 Å². The highest BCUT2D eigenvalue weighted by Gasteiger charge is 2.08. The average Bonchev–Trinajstić information content (AvgIpc) is 3.02. The summed E-state index contributed by atoms with van der Waals surface area (Å²) in [6.45, 7) is 4.83. The van der Waals surface area contributed by atoms with Crippen LogP contribution in [0.25, 0.3) is 10.9 Å². The molecule has 3 rings (SSSR count). The Labute approximate surface area is 147 Å². The molecule has 1 aromatic heterocycles. The second-order valence-electron chi connectivity index (χ2n) is 6.37. The summed E-state index contributed by atoms with van der Waals surface area (Å²) in [5.41, 5.74) is 3.08. The van der Waals surface area contributed by atoms with E-state index in [4.69, 9.17) is 4.74 Å². The number of aromatic nitrogens is 2. The highest BCUT2D eigenvalue weighted by molar-refractivity contribution is 5.90. The molecule has 0 bridgehead atoms. The minimum absolute atomic E-state index is 0.0190. The van der Waals surface area contributed by atoms with E-state index < -0.39 is 0 Å². The Morgan fingerprint density at radius 3 is 2.64 bits per heavy atom. The topological polar surface area (TPSA) is 56.2 Å². The van der Waals surface area contributed by atoms with E-state index in [2.05, 4.69) is 36.4 Å². The average molecular weight is 337 g/mol. The molecule has 0 aliphatic heterocycles. The number of methoxy groups -OCH3 is 1. The van der Waals surface area contributed by atoms with Crippen molar-refractivity contribution in [1.82, 2.24) is 9.78 Å². The third kappa shape index (κ3) is 3.99. The number of anilines is 1. The van der Waals surface area contributed by atoms with Gasteiger partial charge in [-0.3, -0.25) is 9.48 Å². The van der Waals surface area contributed by atoms with Gasteiger partial charge in [0.1, 0.15) is 5.75 Å². The van der Waals surface area contributed by atoms with Crippen molar-refractivity contribution in [3.8, 4) is 5.75 Å². The van der Waals surface area contributed by atoms with E-state index in [1.54, 1.807) is 13.3 Å². The fraction of sp³-hybridized carbons (Fsp3) is 0.300. The molecule has 0 unspecified atom stereocenters. The zero-order valence-corrected chi connectivity index (χ0v) is 14.8. The van der Waals surface area contributed by atoms with E-state index in [-0.39, 0.29) is 5.91 Å². The van der Waals surface area contributed by atoms with Crippen molar-refractivity contribution in [3.63, 3.8) is 0 Å². The molecule has 0 fully saturated rings. The van der Waals surface area contributed by atoms with Crippen molar-refractivity contribution < 1.29 is 9.53 Å². The first-order chi connectivity index (χ1) is 12.1. The number of carbonyl (C=O) groups is 1. The molecular formula is C20H23N3O2. The van der Waals surface area contributed by atoms with Crippen LogP contribution in [0.2, 0.25) is 0 Å². The van der Waals surface area contributed by atoms with Gasteiger partial charge in [0.25, 0.3) is 0 Å². The lowest BCUT2D eigenvalue weighted by molar-refractivity contribution is -0.116. The molecule has 0 saturated carbocycles. The maximum Gasteiger partial charge on any atom is 0.226 e. The van der Waals surface area contributed by atoms with Gasteiger partial charge < -0.3 is 10.1 Å². The number of hydrogen-bond acceptors (Lipinski definition) is 3. The largest absolute Gasteiger partial charge is 0.497 e. The third-order valence-corrected chi connectivity index (χ3v) is 4.26. The second-order valence-corrected chi connectivity index (χ2v) is 6.37. The first-order valence-corrected chi connectivity index (χ1v) is 8.46. The molecule has 0 atom stereocenters. The van der Waals surface area contributed by atoms with Gasteiger partial charge in [0.05, 0.1) is 25.4 Å². The molecule has 1 N–H and O–H groups in total. The van der Waals surface area contributed by atoms with Crippen molar-refractivity contribution in [2.24, 2.45) is 0 Å². The van der Waals surface area contributed by atoms with Crippen LogP contribution in [0.5, 0.6) is 5.75 Å². The monoisotopic (exact) mass is 337 g/mol. The number of carbonyl (C=O) groups excluding carboxylic acids is 1. The van der Waals surface area contributed by atoms with Gasteiger partial charge in [-0.2, -0.15) is 5.10 Å². The SMILES string of the molecule is COc1ccc2c(cnn2CCC(=O)Nc2ccc(C(C)C)cc2)c1. The van der Waals surface area contributed by atoms with Crippen LogP contribution in [0.3, 0.4) is 0 Å². The van der Waals surface area contributed by atoms with Gasteiger partial charge in [-0.05, 0) is 41.8 Å². The van der Waals surface area contributed by atoms with Gasteiger partial charge in [-0.1, -0.05) is 26.0 Å². The van der Waals surface area contributed by atoms with Crippen LogP contribution >= 0.6 is 0 Å². The van der Waals surface area contributed by atoms with Crippen LogP contribution in [0.1, 0.15) is 31.7 Å². The Morgan fingerprint density at radius 1 is 1.20 bits per heavy atom. The molecule has 25 heavy (non-hydrogen) atoms. The Bertz CT molecular complexity index is 866. The van der Waals surface area contributed by atoms with E-state index in [0.29, 0.717) is 18.9 Å². The van der Waals surface area contributed by atoms with E-state index in [1.165, 1.54) is 5.56 Å². The van der Waals surface area contributed by atoms with Gasteiger partial charge >= 0.3 is 0 Å². The smallest absolute Gasteiger partial charge is 0.226 e. The maximum atomic E-state index is 12.2. The predicted molar refractivity (Wildman–Crippen MR) is 100 cm³/mol. The van der Waals surface area contributed by atoms with Crippen LogP contribution in [-0.4, -0.2) is 22.8 Å². The predicted octanol–water partition coefficient (Wildman–Crippen LogP) is 4.20. The molecule has 3 aromatic rings. The summed E-state index contributed by atoms with van der Waals surface area (Å²) in [5.74, 6) is 1.26. The number of amides is 1. The molecule has 5 heteroatoms. The van der Waals surface area contributed by atoms with Gasteiger partial charge in [0.15, 0.2) is 0 Å². The first kappa shape index (κ1) is 17.0. The summed E-state index contributed by atoms with van der Waals surface area (Å²) in [5, 5.41) is 8.30. The summed E-state index contributed by atoms with van der Waals surface area (Å²) < 4.78 is 7.06. The Hall–Kier alpha value is -2.82. The van der Waals surface area contributed by atoms with Crippen molar-refractivity contribution >= 4 is 22.5 Å². The van der Waals surface area contributed by atoms with Crippen LogP contribution in [0.15, 0.2) is 48.7 Å². The van der Waals surface area contributed by atoms with Crippen LogP contribution in [0, 0.1) is 0 Å². The van der Waals surface area contributed by atoms with Crippen molar-refractivity contribution in [2.75, 3.05) is 12.4 Å². The quantitative estimate of drug-likeness (QED) is 0.733. The molecule has 5 nitrogen and oxygen atoms in total. The van der Waals surface area contributed by atoms with Gasteiger partial charge in [0, 0.05) is 17.5 Å². The highest BCUT2D eigenvalue weighted by atomic mass is 16.5. The van der Waals surface area contributed by atoms with Gasteiger partial charge in [-0.25, -0.2) is 0 Å². The molecule has 0 aliphatic carbocycles. The zero-order chi connectivity index (χ0) is 17.8. The lowest BCUT2D eigenvalue weighted by Crippen LogP contribution is -2.15. The summed E-state index contributed by atoms with van der Waals surface area (Å²) >= 11 is 0. The van der Waals surface area contributed by atoms with Crippen LogP contribution in [-0.2, 0) is 11.3 Å². The molecule has 130 valence electrons. The molecule has 0 radical (unpaired) electrons. The molecule has 0 saturated heterocycles. The summed E-state index contributed by atoms with van der Waals surface area (Å²) in [4.78, 5) is 12.2. The van der Waals surface area contributed by atoms with Crippen LogP contribution in [0.4, 0.5) is 5.69 Å². The lowest BCUT2D eigenvalue weighted by Gasteiger charge is -2.09. The van der Waals surface area contributed by atoms with Crippen molar-refractivity contribution in [3.05, 3.63) is 54.2 Å². The summed E-state index contributed by atoms with van der Waals surface area (Å²) in [6, 6.07) is 13.8. The van der Waals surface area contributed by atoms with E-state index in [0.717, 1.165) is 22.3 Å². The molecule has 1 heterocycles. The third-order valence-electron chi connectivity index (χ3n) is 4.26. The van der Waals surface area contributed by atoms with Gasteiger partial charge in [0.2, 0.25) is 5.91 Å².